The van der Waals surface area contributed by atoms with E-state index in [0.29, 0.717) is 47.7 Å². The summed E-state index contributed by atoms with van der Waals surface area (Å²) in [7, 11) is 1.66. The van der Waals surface area contributed by atoms with Crippen molar-refractivity contribution in [2.75, 3.05) is 18.4 Å². The molecule has 4 rings (SSSR count). The van der Waals surface area contributed by atoms with Gasteiger partial charge in [0.1, 0.15) is 5.15 Å². The lowest BCUT2D eigenvalue weighted by Crippen LogP contribution is -2.42. The minimum absolute atomic E-state index is 0.0264. The molecule has 152 valence electrons. The van der Waals surface area contributed by atoms with Gasteiger partial charge >= 0.3 is 0 Å². The molecule has 1 aliphatic heterocycles. The van der Waals surface area contributed by atoms with Gasteiger partial charge in [0.05, 0.1) is 17.3 Å². The first-order valence-electron chi connectivity index (χ1n) is 9.09. The van der Waals surface area contributed by atoms with Crippen LogP contribution in [0.25, 0.3) is 10.9 Å². The Morgan fingerprint density at radius 3 is 2.59 bits per heavy atom. The smallest absolute Gasteiger partial charge is 0.258 e. The van der Waals surface area contributed by atoms with Crippen LogP contribution in [0.15, 0.2) is 29.2 Å². The molecular formula is C19H18ClF2N5O2. The number of benzene rings is 1. The van der Waals surface area contributed by atoms with Gasteiger partial charge in [-0.15, -0.1) is 0 Å². The number of pyridine rings is 1. The summed E-state index contributed by atoms with van der Waals surface area (Å²) in [5, 5.41) is 7.91. The molecule has 1 aliphatic rings. The number of halogens is 3. The first kappa shape index (κ1) is 19.4. The molecule has 0 unspecified atom stereocenters. The van der Waals surface area contributed by atoms with Crippen LogP contribution in [0.5, 0.6) is 0 Å². The number of aryl methyl sites for hydroxylation is 1. The van der Waals surface area contributed by atoms with Crippen LogP contribution >= 0.6 is 11.6 Å². The maximum absolute atomic E-state index is 13.7. The van der Waals surface area contributed by atoms with Gasteiger partial charge in [-0.05, 0) is 18.9 Å². The Kier molecular flexibility index (Phi) is 4.99. The number of hydrogen-bond donors (Lipinski definition) is 2. The number of aromatic amines is 1. The fraction of sp³-hybridized carbons (Fsp3) is 0.316. The van der Waals surface area contributed by atoms with Gasteiger partial charge in [-0.2, -0.15) is 5.10 Å². The highest BCUT2D eigenvalue weighted by atomic mass is 35.5. The summed E-state index contributed by atoms with van der Waals surface area (Å²) < 4.78 is 28.6. The molecule has 3 heterocycles. The van der Waals surface area contributed by atoms with Crippen molar-refractivity contribution < 1.29 is 13.6 Å². The third-order valence-electron chi connectivity index (χ3n) is 5.12. The van der Waals surface area contributed by atoms with Gasteiger partial charge in [0.15, 0.2) is 11.6 Å². The summed E-state index contributed by atoms with van der Waals surface area (Å²) in [5.74, 6) is -2.19. The van der Waals surface area contributed by atoms with Crippen molar-refractivity contribution in [1.82, 2.24) is 19.7 Å². The lowest BCUT2D eigenvalue weighted by Gasteiger charge is -2.33. The topological polar surface area (TPSA) is 83.0 Å². The van der Waals surface area contributed by atoms with Crippen molar-refractivity contribution in [2.24, 2.45) is 7.05 Å². The molecule has 1 fully saturated rings. The Balaban J connectivity index is 1.49. The normalized spacial score (nSPS) is 15.1. The van der Waals surface area contributed by atoms with Gasteiger partial charge in [0.2, 0.25) is 5.56 Å². The molecule has 29 heavy (non-hydrogen) atoms. The van der Waals surface area contributed by atoms with Gasteiger partial charge < -0.3 is 15.2 Å². The number of piperidine rings is 1. The number of nitrogens with one attached hydrogen (secondary N) is 2. The number of amides is 1. The van der Waals surface area contributed by atoms with Crippen molar-refractivity contribution in [3.8, 4) is 0 Å². The molecule has 0 saturated carbocycles. The molecule has 1 amide bonds. The lowest BCUT2D eigenvalue weighted by molar-refractivity contribution is 0.0718. The van der Waals surface area contributed by atoms with Gasteiger partial charge in [-0.3, -0.25) is 14.3 Å². The molecule has 0 spiro atoms. The Morgan fingerprint density at radius 2 is 1.93 bits per heavy atom. The average molecular weight is 422 g/mol. The molecule has 2 aromatic heterocycles. The SMILES string of the molecule is Cn1ncc(C(=O)N2CCC(Nc3cc(=O)[nH]c4cc(F)c(F)cc34)CC2)c1Cl. The van der Waals surface area contributed by atoms with Crippen molar-refractivity contribution >= 4 is 34.1 Å². The number of H-pyrrole nitrogens is 1. The highest BCUT2D eigenvalue weighted by molar-refractivity contribution is 6.32. The predicted octanol–water partition coefficient (Wildman–Crippen LogP) is 2.91. The van der Waals surface area contributed by atoms with Crippen molar-refractivity contribution in [3.63, 3.8) is 0 Å². The quantitative estimate of drug-likeness (QED) is 0.681. The summed E-state index contributed by atoms with van der Waals surface area (Å²) in [4.78, 5) is 28.7. The van der Waals surface area contributed by atoms with E-state index >= 15 is 0 Å². The molecule has 1 saturated heterocycles. The van der Waals surface area contributed by atoms with Gasteiger partial charge in [0.25, 0.3) is 5.91 Å². The fourth-order valence-electron chi connectivity index (χ4n) is 3.55. The number of rotatable bonds is 3. The highest BCUT2D eigenvalue weighted by Crippen LogP contribution is 2.26. The van der Waals surface area contributed by atoms with Crippen molar-refractivity contribution in [1.29, 1.82) is 0 Å². The van der Waals surface area contributed by atoms with Crippen LogP contribution in [-0.2, 0) is 7.05 Å². The minimum Gasteiger partial charge on any atom is -0.381 e. The van der Waals surface area contributed by atoms with E-state index < -0.39 is 17.2 Å². The average Bonchev–Trinajstić information content (AvgIpc) is 3.02. The van der Waals surface area contributed by atoms with E-state index in [4.69, 9.17) is 11.6 Å². The number of nitrogens with zero attached hydrogens (tertiary/aromatic N) is 3. The molecule has 0 radical (unpaired) electrons. The monoisotopic (exact) mass is 421 g/mol. The number of carbonyl (C=O) groups excluding carboxylic acids is 1. The predicted molar refractivity (Wildman–Crippen MR) is 105 cm³/mol. The van der Waals surface area contributed by atoms with E-state index in [1.165, 1.54) is 16.9 Å². The van der Waals surface area contributed by atoms with E-state index in [2.05, 4.69) is 15.4 Å². The molecule has 0 aliphatic carbocycles. The van der Waals surface area contributed by atoms with E-state index in [0.717, 1.165) is 12.1 Å². The zero-order chi connectivity index (χ0) is 20.7. The van der Waals surface area contributed by atoms with Crippen LogP contribution in [0, 0.1) is 11.6 Å². The summed E-state index contributed by atoms with van der Waals surface area (Å²) in [6.07, 6.45) is 2.70. The van der Waals surface area contributed by atoms with Crippen LogP contribution in [-0.4, -0.2) is 44.7 Å². The summed E-state index contributed by atoms with van der Waals surface area (Å²) in [5.41, 5.74) is 0.601. The first-order chi connectivity index (χ1) is 13.8. The molecular weight excluding hydrogens is 404 g/mol. The second-order valence-corrected chi connectivity index (χ2v) is 7.40. The van der Waals surface area contributed by atoms with Gasteiger partial charge in [0, 0.05) is 49.4 Å². The number of anilines is 1. The first-order valence-corrected chi connectivity index (χ1v) is 9.46. The third kappa shape index (κ3) is 3.69. The summed E-state index contributed by atoms with van der Waals surface area (Å²) >= 11 is 6.10. The fourth-order valence-corrected chi connectivity index (χ4v) is 3.73. The molecule has 0 atom stereocenters. The Bertz CT molecular complexity index is 1150. The second-order valence-electron chi connectivity index (χ2n) is 7.04. The molecule has 0 bridgehead atoms. The standard InChI is InChI=1S/C19H18ClF2N5O2/c1-26-18(20)12(9-23-26)19(29)27-4-2-10(3-5-27)24-16-8-17(28)25-15-7-14(22)13(21)6-11(15)16/h6-10H,2-5H2,1H3,(H2,24,25,28). The second kappa shape index (κ2) is 7.47. The van der Waals surface area contributed by atoms with E-state index in [9.17, 15) is 18.4 Å². The number of hydrogen-bond acceptors (Lipinski definition) is 4. The third-order valence-corrected chi connectivity index (χ3v) is 5.57. The molecule has 3 aromatic rings. The Hall–Kier alpha value is -2.94. The van der Waals surface area contributed by atoms with Gasteiger partial charge in [-0.1, -0.05) is 11.6 Å². The number of carbonyl (C=O) groups is 1. The highest BCUT2D eigenvalue weighted by Gasteiger charge is 2.26. The van der Waals surface area contributed by atoms with Crippen LogP contribution in [0.4, 0.5) is 14.5 Å². The van der Waals surface area contributed by atoms with Crippen LogP contribution in [0.3, 0.4) is 0 Å². The Labute approximate surface area is 169 Å². The van der Waals surface area contributed by atoms with E-state index in [-0.39, 0.29) is 17.5 Å². The molecule has 10 heteroatoms. The minimum atomic E-state index is -1.02. The zero-order valence-corrected chi connectivity index (χ0v) is 16.3. The van der Waals surface area contributed by atoms with E-state index in [1.54, 1.807) is 11.9 Å². The van der Waals surface area contributed by atoms with E-state index in [1.807, 2.05) is 0 Å². The number of fused-ring (bicyclic) bond motifs is 1. The molecule has 2 N–H and O–H groups in total. The lowest BCUT2D eigenvalue weighted by atomic mass is 10.0. The van der Waals surface area contributed by atoms with Crippen LogP contribution < -0.4 is 10.9 Å². The zero-order valence-electron chi connectivity index (χ0n) is 15.5. The molecule has 7 nitrogen and oxygen atoms in total. The largest absolute Gasteiger partial charge is 0.381 e. The molecule has 1 aromatic carbocycles. The van der Waals surface area contributed by atoms with Gasteiger partial charge in [-0.25, -0.2) is 8.78 Å². The number of likely N-dealkylation sites (tertiary alicyclic amines) is 1. The Morgan fingerprint density at radius 1 is 1.24 bits per heavy atom. The number of aromatic nitrogens is 3. The van der Waals surface area contributed by atoms with Crippen molar-refractivity contribution in [3.05, 3.63) is 57.1 Å². The van der Waals surface area contributed by atoms with Crippen LogP contribution in [0.2, 0.25) is 5.15 Å². The summed E-state index contributed by atoms with van der Waals surface area (Å²) in [6.45, 7) is 0.984. The van der Waals surface area contributed by atoms with Crippen LogP contribution in [0.1, 0.15) is 23.2 Å². The summed E-state index contributed by atoms with van der Waals surface area (Å²) in [6, 6.07) is 3.33. The maximum atomic E-state index is 13.7. The maximum Gasteiger partial charge on any atom is 0.258 e. The van der Waals surface area contributed by atoms with Crippen molar-refractivity contribution in [2.45, 2.75) is 18.9 Å².